The quantitative estimate of drug-likeness (QED) is 0.895. The van der Waals surface area contributed by atoms with Crippen LogP contribution in [0.2, 0.25) is 0 Å². The van der Waals surface area contributed by atoms with Gasteiger partial charge >= 0.3 is 0 Å². The van der Waals surface area contributed by atoms with Gasteiger partial charge in [0.2, 0.25) is 0 Å². The first-order valence-electron chi connectivity index (χ1n) is 9.11. The minimum absolute atomic E-state index is 0.368. The predicted molar refractivity (Wildman–Crippen MR) is 94.7 cm³/mol. The van der Waals surface area contributed by atoms with Crippen LogP contribution in [0.1, 0.15) is 38.3 Å². The van der Waals surface area contributed by atoms with Crippen molar-refractivity contribution in [2.24, 2.45) is 5.92 Å². The van der Waals surface area contributed by atoms with Gasteiger partial charge in [-0.1, -0.05) is 19.1 Å². The molecule has 4 nitrogen and oxygen atoms in total. The zero-order chi connectivity index (χ0) is 16.2. The number of nitrogens with zero attached hydrogens (tertiary/aromatic N) is 2. The maximum Gasteiger partial charge on any atom is 0.115 e. The van der Waals surface area contributed by atoms with Crippen molar-refractivity contribution in [1.82, 2.24) is 15.1 Å². The van der Waals surface area contributed by atoms with Crippen LogP contribution >= 0.6 is 0 Å². The third-order valence-corrected chi connectivity index (χ3v) is 5.52. The van der Waals surface area contributed by atoms with Gasteiger partial charge in [-0.2, -0.15) is 0 Å². The summed E-state index contributed by atoms with van der Waals surface area (Å²) in [7, 11) is 0. The van der Waals surface area contributed by atoms with Crippen molar-refractivity contribution in [3.8, 4) is 5.75 Å². The molecule has 3 rings (SSSR count). The van der Waals surface area contributed by atoms with Gasteiger partial charge in [0, 0.05) is 38.3 Å². The van der Waals surface area contributed by atoms with Crippen LogP contribution in [-0.2, 0) is 0 Å². The number of piperidine rings is 1. The zero-order valence-electron chi connectivity index (χ0n) is 14.5. The second-order valence-electron chi connectivity index (χ2n) is 7.38. The Morgan fingerprint density at radius 1 is 1.22 bits per heavy atom. The van der Waals surface area contributed by atoms with E-state index in [1.165, 1.54) is 31.5 Å². The lowest BCUT2D eigenvalue weighted by Crippen LogP contribution is -2.53. The van der Waals surface area contributed by atoms with Gasteiger partial charge in [0.25, 0.3) is 0 Å². The van der Waals surface area contributed by atoms with Crippen molar-refractivity contribution in [1.29, 1.82) is 0 Å². The zero-order valence-corrected chi connectivity index (χ0v) is 14.5. The molecule has 2 saturated heterocycles. The maximum absolute atomic E-state index is 9.92. The summed E-state index contributed by atoms with van der Waals surface area (Å²) in [6, 6.07) is 8.76. The summed E-state index contributed by atoms with van der Waals surface area (Å²) in [5.41, 5.74) is 1.25. The normalized spacial score (nSPS) is 26.3. The van der Waals surface area contributed by atoms with Crippen molar-refractivity contribution < 1.29 is 5.11 Å². The summed E-state index contributed by atoms with van der Waals surface area (Å²) < 4.78 is 0. The molecule has 128 valence electrons. The molecule has 1 aromatic carbocycles. The average molecular weight is 317 g/mol. The average Bonchev–Trinajstić information content (AvgIpc) is 2.55. The lowest BCUT2D eigenvalue weighted by atomic mass is 9.96. The minimum Gasteiger partial charge on any atom is -0.508 e. The van der Waals surface area contributed by atoms with E-state index in [1.54, 1.807) is 6.07 Å². The summed E-state index contributed by atoms with van der Waals surface area (Å²) in [6.07, 6.45) is 2.62. The van der Waals surface area contributed by atoms with Gasteiger partial charge in [0.15, 0.2) is 0 Å². The third-order valence-electron chi connectivity index (χ3n) is 5.52. The molecular weight excluding hydrogens is 286 g/mol. The molecule has 23 heavy (non-hydrogen) atoms. The van der Waals surface area contributed by atoms with Crippen LogP contribution in [-0.4, -0.2) is 60.2 Å². The first-order chi connectivity index (χ1) is 11.1. The topological polar surface area (TPSA) is 38.7 Å². The summed E-state index contributed by atoms with van der Waals surface area (Å²) in [6.45, 7) is 11.3. The molecule has 0 radical (unpaired) electrons. The first kappa shape index (κ1) is 16.7. The minimum atomic E-state index is 0.368. The molecule has 2 unspecified atom stereocenters. The standard InChI is InChI=1S/C19H31N3O/c1-15-6-9-21(10-7-15)14-19(17-4-3-5-18(23)12-17)22-11-8-20-13-16(22)2/h3-5,12,15-16,19-20,23H,6-11,13-14H2,1-2H3. The Bertz CT molecular complexity index is 499. The number of hydrogen-bond donors (Lipinski definition) is 2. The lowest BCUT2D eigenvalue weighted by molar-refractivity contribution is 0.0724. The van der Waals surface area contributed by atoms with Gasteiger partial charge in [0.1, 0.15) is 5.75 Å². The number of benzene rings is 1. The Morgan fingerprint density at radius 2 is 2.00 bits per heavy atom. The number of piperazine rings is 1. The van der Waals surface area contributed by atoms with Crippen molar-refractivity contribution in [2.45, 2.75) is 38.8 Å². The van der Waals surface area contributed by atoms with Gasteiger partial charge in [0.05, 0.1) is 0 Å². The molecule has 2 atom stereocenters. The fourth-order valence-electron chi connectivity index (χ4n) is 3.94. The van der Waals surface area contributed by atoms with E-state index in [2.05, 4.69) is 35.0 Å². The Balaban J connectivity index is 1.78. The highest BCUT2D eigenvalue weighted by Crippen LogP contribution is 2.29. The molecule has 2 aliphatic heterocycles. The number of hydrogen-bond acceptors (Lipinski definition) is 4. The Kier molecular flexibility index (Phi) is 5.57. The molecular formula is C19H31N3O. The van der Waals surface area contributed by atoms with E-state index in [4.69, 9.17) is 0 Å². The van der Waals surface area contributed by atoms with E-state index < -0.39 is 0 Å². The van der Waals surface area contributed by atoms with Crippen LogP contribution in [0.5, 0.6) is 5.75 Å². The van der Waals surface area contributed by atoms with Gasteiger partial charge in [-0.25, -0.2) is 0 Å². The molecule has 0 aromatic heterocycles. The molecule has 2 aliphatic rings. The van der Waals surface area contributed by atoms with Crippen LogP contribution in [0, 0.1) is 5.92 Å². The van der Waals surface area contributed by atoms with Crippen LogP contribution in [0.15, 0.2) is 24.3 Å². The number of phenolic OH excluding ortho intramolecular Hbond substituents is 1. The van der Waals surface area contributed by atoms with Crippen molar-refractivity contribution in [3.05, 3.63) is 29.8 Å². The van der Waals surface area contributed by atoms with Crippen LogP contribution in [0.4, 0.5) is 0 Å². The fraction of sp³-hybridized carbons (Fsp3) is 0.684. The smallest absolute Gasteiger partial charge is 0.115 e. The highest BCUT2D eigenvalue weighted by Gasteiger charge is 2.29. The third kappa shape index (κ3) is 4.25. The molecule has 0 amide bonds. The number of nitrogens with one attached hydrogen (secondary N) is 1. The Hall–Kier alpha value is -1.10. The molecule has 2 heterocycles. The molecule has 0 aliphatic carbocycles. The molecule has 2 N–H and O–H groups in total. The van der Waals surface area contributed by atoms with Crippen LogP contribution in [0.3, 0.4) is 0 Å². The highest BCUT2D eigenvalue weighted by atomic mass is 16.3. The van der Waals surface area contributed by atoms with Crippen LogP contribution in [0.25, 0.3) is 0 Å². The Morgan fingerprint density at radius 3 is 2.70 bits per heavy atom. The SMILES string of the molecule is CC1CCN(CC(c2cccc(O)c2)N2CCNCC2C)CC1. The van der Waals surface area contributed by atoms with E-state index in [0.717, 1.165) is 32.1 Å². The van der Waals surface area contributed by atoms with E-state index in [9.17, 15) is 5.11 Å². The van der Waals surface area contributed by atoms with Gasteiger partial charge in [-0.05, 0) is 56.5 Å². The largest absolute Gasteiger partial charge is 0.508 e. The molecule has 0 bridgehead atoms. The second-order valence-corrected chi connectivity index (χ2v) is 7.38. The van der Waals surface area contributed by atoms with Crippen molar-refractivity contribution in [2.75, 3.05) is 39.3 Å². The van der Waals surface area contributed by atoms with E-state index in [-0.39, 0.29) is 0 Å². The van der Waals surface area contributed by atoms with Gasteiger partial charge < -0.3 is 15.3 Å². The summed E-state index contributed by atoms with van der Waals surface area (Å²) in [5, 5.41) is 13.4. The summed E-state index contributed by atoms with van der Waals surface area (Å²) in [5.74, 6) is 1.24. The first-order valence-corrected chi connectivity index (χ1v) is 9.11. The van der Waals surface area contributed by atoms with E-state index in [0.29, 0.717) is 17.8 Å². The lowest BCUT2D eigenvalue weighted by Gasteiger charge is -2.43. The molecule has 2 fully saturated rings. The highest BCUT2D eigenvalue weighted by molar-refractivity contribution is 5.30. The molecule has 0 saturated carbocycles. The predicted octanol–water partition coefficient (Wildman–Crippen LogP) is 2.46. The summed E-state index contributed by atoms with van der Waals surface area (Å²) in [4.78, 5) is 5.23. The van der Waals surface area contributed by atoms with E-state index >= 15 is 0 Å². The molecule has 4 heteroatoms. The number of likely N-dealkylation sites (tertiary alicyclic amines) is 1. The second kappa shape index (κ2) is 7.65. The Labute approximate surface area is 140 Å². The monoisotopic (exact) mass is 317 g/mol. The molecule has 0 spiro atoms. The summed E-state index contributed by atoms with van der Waals surface area (Å²) >= 11 is 0. The number of phenols is 1. The van der Waals surface area contributed by atoms with Crippen molar-refractivity contribution >= 4 is 0 Å². The maximum atomic E-state index is 9.92. The van der Waals surface area contributed by atoms with Gasteiger partial charge in [-0.3, -0.25) is 4.90 Å². The molecule has 1 aromatic rings. The number of aromatic hydroxyl groups is 1. The number of rotatable bonds is 4. The van der Waals surface area contributed by atoms with Crippen molar-refractivity contribution in [3.63, 3.8) is 0 Å². The van der Waals surface area contributed by atoms with E-state index in [1.807, 2.05) is 12.1 Å². The fourth-order valence-corrected chi connectivity index (χ4v) is 3.94. The van der Waals surface area contributed by atoms with Crippen LogP contribution < -0.4 is 5.32 Å². The van der Waals surface area contributed by atoms with Gasteiger partial charge in [-0.15, -0.1) is 0 Å².